The summed E-state index contributed by atoms with van der Waals surface area (Å²) in [5, 5.41) is 0. The molecule has 1 aliphatic heterocycles. The second-order valence-corrected chi connectivity index (χ2v) is 8.71. The second kappa shape index (κ2) is 8.19. The van der Waals surface area contributed by atoms with Crippen LogP contribution in [0.5, 0.6) is 0 Å². The average molecular weight is 390 g/mol. The molecule has 0 spiro atoms. The predicted molar refractivity (Wildman–Crippen MR) is 101 cm³/mol. The monoisotopic (exact) mass is 390 g/mol. The molecule has 1 fully saturated rings. The molecule has 5 nitrogen and oxygen atoms in total. The lowest BCUT2D eigenvalue weighted by atomic mass is 9.99. The fourth-order valence-electron chi connectivity index (χ4n) is 3.25. The van der Waals surface area contributed by atoms with E-state index in [2.05, 4.69) is 11.6 Å². The smallest absolute Gasteiger partial charge is 0.253 e. The topological polar surface area (TPSA) is 66.5 Å². The fraction of sp³-hybridized carbons (Fsp3) is 0.350. The maximum absolute atomic E-state index is 13.7. The van der Waals surface area contributed by atoms with Crippen LogP contribution in [0.2, 0.25) is 0 Å². The standard InChI is InChI=1S/C20H23FN2O3S/c1-15-6-5-11-23(14-15)20(24)16-8-4-9-18(12-16)27(25,26)22-13-17-7-2-3-10-19(17)21/h2-4,7-10,12,15,22H,5-6,11,13-14H2,1H3. The normalized spacial score (nSPS) is 17.7. The first kappa shape index (κ1) is 19.5. The number of hydrogen-bond acceptors (Lipinski definition) is 3. The molecule has 1 atom stereocenters. The van der Waals surface area contributed by atoms with Crippen molar-refractivity contribution >= 4 is 15.9 Å². The molecule has 0 saturated carbocycles. The van der Waals surface area contributed by atoms with Gasteiger partial charge in [-0.25, -0.2) is 17.5 Å². The van der Waals surface area contributed by atoms with Gasteiger partial charge in [0.1, 0.15) is 5.82 Å². The van der Waals surface area contributed by atoms with Gasteiger partial charge in [-0.15, -0.1) is 0 Å². The van der Waals surface area contributed by atoms with E-state index in [1.807, 2.05) is 0 Å². The Labute approximate surface area is 159 Å². The van der Waals surface area contributed by atoms with E-state index in [-0.39, 0.29) is 22.9 Å². The van der Waals surface area contributed by atoms with Crippen LogP contribution in [0.25, 0.3) is 0 Å². The molecule has 2 aromatic rings. The van der Waals surface area contributed by atoms with E-state index in [0.717, 1.165) is 12.8 Å². The van der Waals surface area contributed by atoms with Crippen molar-refractivity contribution in [2.75, 3.05) is 13.1 Å². The molecular weight excluding hydrogens is 367 g/mol. The van der Waals surface area contributed by atoms with Crippen molar-refractivity contribution in [1.29, 1.82) is 0 Å². The Morgan fingerprint density at radius 3 is 2.74 bits per heavy atom. The zero-order chi connectivity index (χ0) is 19.4. The summed E-state index contributed by atoms with van der Waals surface area (Å²) in [6.07, 6.45) is 2.05. The van der Waals surface area contributed by atoms with Gasteiger partial charge in [0.05, 0.1) is 4.90 Å². The number of nitrogens with zero attached hydrogens (tertiary/aromatic N) is 1. The van der Waals surface area contributed by atoms with Crippen LogP contribution in [0.3, 0.4) is 0 Å². The minimum Gasteiger partial charge on any atom is -0.338 e. The quantitative estimate of drug-likeness (QED) is 0.853. The first-order chi connectivity index (χ1) is 12.9. The van der Waals surface area contributed by atoms with Crippen LogP contribution >= 0.6 is 0 Å². The molecule has 1 saturated heterocycles. The molecule has 7 heteroatoms. The molecule has 0 radical (unpaired) electrons. The highest BCUT2D eigenvalue weighted by Crippen LogP contribution is 2.20. The van der Waals surface area contributed by atoms with Gasteiger partial charge >= 0.3 is 0 Å². The molecule has 1 N–H and O–H groups in total. The zero-order valence-corrected chi connectivity index (χ0v) is 16.0. The van der Waals surface area contributed by atoms with Crippen molar-refractivity contribution in [2.45, 2.75) is 31.2 Å². The van der Waals surface area contributed by atoms with E-state index in [4.69, 9.17) is 0 Å². The van der Waals surface area contributed by atoms with E-state index < -0.39 is 15.8 Å². The van der Waals surface area contributed by atoms with E-state index >= 15 is 0 Å². The lowest BCUT2D eigenvalue weighted by Crippen LogP contribution is -2.39. The van der Waals surface area contributed by atoms with Gasteiger partial charge in [0.15, 0.2) is 0 Å². The Kier molecular flexibility index (Phi) is 5.92. The number of carbonyl (C=O) groups is 1. The molecule has 0 aliphatic carbocycles. The lowest BCUT2D eigenvalue weighted by molar-refractivity contribution is 0.0683. The van der Waals surface area contributed by atoms with Crippen LogP contribution in [0.15, 0.2) is 53.4 Å². The van der Waals surface area contributed by atoms with Crippen LogP contribution in [0.4, 0.5) is 4.39 Å². The number of piperidine rings is 1. The van der Waals surface area contributed by atoms with Crippen LogP contribution < -0.4 is 4.72 Å². The third-order valence-electron chi connectivity index (χ3n) is 4.75. The summed E-state index contributed by atoms with van der Waals surface area (Å²) in [7, 11) is -3.86. The van der Waals surface area contributed by atoms with Crippen molar-refractivity contribution in [2.24, 2.45) is 5.92 Å². The number of benzene rings is 2. The van der Waals surface area contributed by atoms with Gasteiger partial charge in [0, 0.05) is 30.8 Å². The number of halogens is 1. The van der Waals surface area contributed by atoms with Crippen LogP contribution in [-0.4, -0.2) is 32.3 Å². The highest BCUT2D eigenvalue weighted by atomic mass is 32.2. The molecule has 27 heavy (non-hydrogen) atoms. The minimum absolute atomic E-state index is 0.00486. The first-order valence-corrected chi connectivity index (χ1v) is 10.5. The SMILES string of the molecule is CC1CCCN(C(=O)c2cccc(S(=O)(=O)NCc3ccccc3F)c2)C1. The highest BCUT2D eigenvalue weighted by molar-refractivity contribution is 7.89. The van der Waals surface area contributed by atoms with Crippen LogP contribution in [0, 0.1) is 11.7 Å². The number of sulfonamides is 1. The highest BCUT2D eigenvalue weighted by Gasteiger charge is 2.23. The second-order valence-electron chi connectivity index (χ2n) is 6.94. The first-order valence-electron chi connectivity index (χ1n) is 8.99. The Morgan fingerprint density at radius 1 is 1.22 bits per heavy atom. The van der Waals surface area contributed by atoms with Crippen LogP contribution in [-0.2, 0) is 16.6 Å². The van der Waals surface area contributed by atoms with Crippen LogP contribution in [0.1, 0.15) is 35.7 Å². The number of nitrogens with one attached hydrogen (secondary N) is 1. The number of amides is 1. The summed E-state index contributed by atoms with van der Waals surface area (Å²) in [5.74, 6) is -0.187. The molecule has 2 aromatic carbocycles. The number of hydrogen-bond donors (Lipinski definition) is 1. The molecule has 3 rings (SSSR count). The maximum atomic E-state index is 13.7. The average Bonchev–Trinajstić information content (AvgIpc) is 2.67. The summed E-state index contributed by atoms with van der Waals surface area (Å²) < 4.78 is 41.2. The molecule has 1 amide bonds. The largest absolute Gasteiger partial charge is 0.338 e. The molecule has 144 valence electrons. The number of rotatable bonds is 5. The van der Waals surface area contributed by atoms with Crippen molar-refractivity contribution in [3.63, 3.8) is 0 Å². The van der Waals surface area contributed by atoms with E-state index in [1.54, 1.807) is 29.2 Å². The lowest BCUT2D eigenvalue weighted by Gasteiger charge is -2.31. The van der Waals surface area contributed by atoms with Gasteiger partial charge < -0.3 is 4.90 Å². The predicted octanol–water partition coefficient (Wildman–Crippen LogP) is 3.18. The summed E-state index contributed by atoms with van der Waals surface area (Å²) in [6.45, 7) is 3.32. The van der Waals surface area contributed by atoms with E-state index in [0.29, 0.717) is 24.6 Å². The Balaban J connectivity index is 1.75. The van der Waals surface area contributed by atoms with Gasteiger partial charge in [0.25, 0.3) is 5.91 Å². The Bertz CT molecular complexity index is 930. The fourth-order valence-corrected chi connectivity index (χ4v) is 4.30. The van der Waals surface area contributed by atoms with Gasteiger partial charge in [-0.2, -0.15) is 0 Å². The molecule has 1 unspecified atom stereocenters. The Hall–Kier alpha value is -2.25. The third-order valence-corrected chi connectivity index (χ3v) is 6.14. The van der Waals surface area contributed by atoms with Crippen molar-refractivity contribution < 1.29 is 17.6 Å². The molecule has 0 aromatic heterocycles. The number of likely N-dealkylation sites (tertiary alicyclic amines) is 1. The summed E-state index contributed by atoms with van der Waals surface area (Å²) in [4.78, 5) is 14.5. The van der Waals surface area contributed by atoms with Gasteiger partial charge in [-0.05, 0) is 43.0 Å². The number of carbonyl (C=O) groups excluding carboxylic acids is 1. The molecule has 1 aliphatic rings. The molecule has 0 bridgehead atoms. The Morgan fingerprint density at radius 2 is 2.00 bits per heavy atom. The molecule has 1 heterocycles. The van der Waals surface area contributed by atoms with Gasteiger partial charge in [-0.1, -0.05) is 31.2 Å². The minimum atomic E-state index is -3.86. The van der Waals surface area contributed by atoms with Crippen molar-refractivity contribution in [1.82, 2.24) is 9.62 Å². The summed E-state index contributed by atoms with van der Waals surface area (Å²) in [6, 6.07) is 12.0. The van der Waals surface area contributed by atoms with Crippen molar-refractivity contribution in [3.05, 3.63) is 65.5 Å². The van der Waals surface area contributed by atoms with E-state index in [9.17, 15) is 17.6 Å². The summed E-state index contributed by atoms with van der Waals surface area (Å²) in [5.41, 5.74) is 0.605. The van der Waals surface area contributed by atoms with Crippen molar-refractivity contribution in [3.8, 4) is 0 Å². The molecular formula is C20H23FN2O3S. The third kappa shape index (κ3) is 4.73. The summed E-state index contributed by atoms with van der Waals surface area (Å²) >= 11 is 0. The van der Waals surface area contributed by atoms with Gasteiger partial charge in [-0.3, -0.25) is 4.79 Å². The van der Waals surface area contributed by atoms with Gasteiger partial charge in [0.2, 0.25) is 10.0 Å². The van der Waals surface area contributed by atoms with E-state index in [1.165, 1.54) is 24.3 Å². The maximum Gasteiger partial charge on any atom is 0.253 e. The zero-order valence-electron chi connectivity index (χ0n) is 15.2.